The van der Waals surface area contributed by atoms with Crippen molar-refractivity contribution in [1.82, 2.24) is 20.1 Å². The van der Waals surface area contributed by atoms with Crippen molar-refractivity contribution < 1.29 is 0 Å². The molecule has 1 aliphatic rings. The summed E-state index contributed by atoms with van der Waals surface area (Å²) >= 11 is 1.76. The van der Waals surface area contributed by atoms with Crippen LogP contribution in [0.1, 0.15) is 42.8 Å². The Kier molecular flexibility index (Phi) is 6.84. The molecule has 1 aliphatic heterocycles. The predicted octanol–water partition coefficient (Wildman–Crippen LogP) is 2.64. The second-order valence-electron chi connectivity index (χ2n) is 6.03. The van der Waals surface area contributed by atoms with E-state index < -0.39 is 0 Å². The number of thiazole rings is 1. The third-order valence-corrected chi connectivity index (χ3v) is 5.62. The molecule has 1 fully saturated rings. The number of guanidine groups is 1. The van der Waals surface area contributed by atoms with Gasteiger partial charge in [-0.15, -0.1) is 11.3 Å². The topological polar surface area (TPSA) is 43.8 Å². The van der Waals surface area contributed by atoms with Gasteiger partial charge in [0.2, 0.25) is 0 Å². The fourth-order valence-electron chi connectivity index (χ4n) is 3.15. The summed E-state index contributed by atoms with van der Waals surface area (Å²) in [6.45, 7) is 16.8. The Morgan fingerprint density at radius 1 is 1.35 bits per heavy atom. The molecule has 2 heterocycles. The van der Waals surface area contributed by atoms with Gasteiger partial charge in [-0.05, 0) is 40.3 Å². The molecular formula is C17H31N5S. The lowest BCUT2D eigenvalue weighted by atomic mass is 10.2. The first-order valence-electron chi connectivity index (χ1n) is 8.79. The van der Waals surface area contributed by atoms with Crippen LogP contribution in [0.2, 0.25) is 0 Å². The third-order valence-electron chi connectivity index (χ3n) is 4.56. The SMILES string of the molecule is CCNC(=NCc1nc(C)c(C)s1)N1CCC(N(CC)CC)C1. The van der Waals surface area contributed by atoms with Crippen LogP contribution in [0.25, 0.3) is 0 Å². The molecule has 1 atom stereocenters. The van der Waals surface area contributed by atoms with Gasteiger partial charge in [-0.1, -0.05) is 13.8 Å². The van der Waals surface area contributed by atoms with Crippen LogP contribution >= 0.6 is 11.3 Å². The number of nitrogens with zero attached hydrogens (tertiary/aromatic N) is 4. The minimum atomic E-state index is 0.651. The van der Waals surface area contributed by atoms with Crippen LogP contribution < -0.4 is 5.32 Å². The van der Waals surface area contributed by atoms with E-state index in [1.165, 1.54) is 11.3 Å². The Hall–Kier alpha value is -1.14. The van der Waals surface area contributed by atoms with E-state index in [0.717, 1.165) is 49.4 Å². The lowest BCUT2D eigenvalue weighted by Crippen LogP contribution is -2.43. The van der Waals surface area contributed by atoms with Gasteiger partial charge in [0, 0.05) is 30.6 Å². The maximum absolute atomic E-state index is 4.83. The number of rotatable bonds is 6. The molecule has 2 rings (SSSR count). The smallest absolute Gasteiger partial charge is 0.194 e. The number of aromatic nitrogens is 1. The molecule has 0 radical (unpaired) electrons. The van der Waals surface area contributed by atoms with E-state index in [-0.39, 0.29) is 0 Å². The number of likely N-dealkylation sites (N-methyl/N-ethyl adjacent to an activating group) is 1. The minimum Gasteiger partial charge on any atom is -0.357 e. The summed E-state index contributed by atoms with van der Waals surface area (Å²) in [5.41, 5.74) is 1.13. The molecule has 0 bridgehead atoms. The van der Waals surface area contributed by atoms with Crippen LogP contribution in [-0.4, -0.2) is 59.5 Å². The predicted molar refractivity (Wildman–Crippen MR) is 99.3 cm³/mol. The Balaban J connectivity index is 2.02. The average Bonchev–Trinajstić information content (AvgIpc) is 3.13. The van der Waals surface area contributed by atoms with Crippen LogP contribution in [0.15, 0.2) is 4.99 Å². The molecule has 1 saturated heterocycles. The van der Waals surface area contributed by atoms with Crippen LogP contribution in [0.3, 0.4) is 0 Å². The quantitative estimate of drug-likeness (QED) is 0.640. The van der Waals surface area contributed by atoms with Gasteiger partial charge < -0.3 is 10.2 Å². The van der Waals surface area contributed by atoms with Crippen molar-refractivity contribution in [3.8, 4) is 0 Å². The molecule has 0 spiro atoms. The molecule has 5 nitrogen and oxygen atoms in total. The van der Waals surface area contributed by atoms with E-state index in [1.807, 2.05) is 0 Å². The summed E-state index contributed by atoms with van der Waals surface area (Å²) in [6, 6.07) is 0.651. The Morgan fingerprint density at radius 3 is 2.65 bits per heavy atom. The molecule has 0 aromatic carbocycles. The molecular weight excluding hydrogens is 306 g/mol. The van der Waals surface area contributed by atoms with Gasteiger partial charge in [0.25, 0.3) is 0 Å². The number of hydrogen-bond donors (Lipinski definition) is 1. The summed E-state index contributed by atoms with van der Waals surface area (Å²) in [5, 5.41) is 4.55. The van der Waals surface area contributed by atoms with E-state index in [1.54, 1.807) is 11.3 Å². The zero-order valence-corrected chi connectivity index (χ0v) is 16.0. The number of aliphatic imine (C=N–C) groups is 1. The first-order valence-corrected chi connectivity index (χ1v) is 9.60. The van der Waals surface area contributed by atoms with Crippen molar-refractivity contribution in [1.29, 1.82) is 0 Å². The fraction of sp³-hybridized carbons (Fsp3) is 0.765. The molecule has 0 aliphatic carbocycles. The van der Waals surface area contributed by atoms with Crippen molar-refractivity contribution >= 4 is 17.3 Å². The van der Waals surface area contributed by atoms with Gasteiger partial charge in [-0.2, -0.15) is 0 Å². The van der Waals surface area contributed by atoms with E-state index >= 15 is 0 Å². The summed E-state index contributed by atoms with van der Waals surface area (Å²) < 4.78 is 0. The molecule has 6 heteroatoms. The second kappa shape index (κ2) is 8.64. The van der Waals surface area contributed by atoms with E-state index in [2.05, 4.69) is 54.7 Å². The van der Waals surface area contributed by atoms with Crippen molar-refractivity contribution in [2.75, 3.05) is 32.7 Å². The number of aryl methyl sites for hydroxylation is 2. The zero-order chi connectivity index (χ0) is 16.8. The molecule has 1 N–H and O–H groups in total. The maximum Gasteiger partial charge on any atom is 0.194 e. The van der Waals surface area contributed by atoms with Gasteiger partial charge in [0.05, 0.1) is 12.2 Å². The normalized spacial score (nSPS) is 19.0. The zero-order valence-electron chi connectivity index (χ0n) is 15.2. The van der Waals surface area contributed by atoms with Crippen LogP contribution in [0.5, 0.6) is 0 Å². The highest BCUT2D eigenvalue weighted by molar-refractivity contribution is 7.11. The fourth-order valence-corrected chi connectivity index (χ4v) is 4.01. The van der Waals surface area contributed by atoms with Gasteiger partial charge in [-0.25, -0.2) is 9.98 Å². The standard InChI is InChI=1S/C17H31N5S/c1-6-18-17(19-11-16-20-13(4)14(5)23-16)22-10-9-15(12-22)21(7-2)8-3/h15H,6-12H2,1-5H3,(H,18,19). The van der Waals surface area contributed by atoms with Gasteiger partial charge in [0.1, 0.15) is 5.01 Å². The minimum absolute atomic E-state index is 0.651. The molecule has 130 valence electrons. The van der Waals surface area contributed by atoms with Gasteiger partial charge in [-0.3, -0.25) is 4.90 Å². The van der Waals surface area contributed by atoms with E-state index in [0.29, 0.717) is 12.6 Å². The second-order valence-corrected chi connectivity index (χ2v) is 7.32. The Morgan fingerprint density at radius 2 is 2.09 bits per heavy atom. The van der Waals surface area contributed by atoms with Crippen molar-refractivity contribution in [3.63, 3.8) is 0 Å². The molecule has 1 unspecified atom stereocenters. The highest BCUT2D eigenvalue weighted by Crippen LogP contribution is 2.18. The molecule has 0 amide bonds. The van der Waals surface area contributed by atoms with Crippen LogP contribution in [0, 0.1) is 13.8 Å². The molecule has 1 aromatic rings. The lowest BCUT2D eigenvalue weighted by Gasteiger charge is -2.27. The highest BCUT2D eigenvalue weighted by atomic mass is 32.1. The lowest BCUT2D eigenvalue weighted by molar-refractivity contribution is 0.223. The van der Waals surface area contributed by atoms with Crippen molar-refractivity contribution in [2.45, 2.75) is 53.6 Å². The molecule has 23 heavy (non-hydrogen) atoms. The number of hydrogen-bond acceptors (Lipinski definition) is 4. The summed E-state index contributed by atoms with van der Waals surface area (Å²) in [6.07, 6.45) is 1.22. The largest absolute Gasteiger partial charge is 0.357 e. The first kappa shape index (κ1) is 18.2. The Labute approximate surface area is 144 Å². The summed E-state index contributed by atoms with van der Waals surface area (Å²) in [5.74, 6) is 1.03. The monoisotopic (exact) mass is 337 g/mol. The average molecular weight is 338 g/mol. The van der Waals surface area contributed by atoms with Crippen molar-refractivity contribution in [2.24, 2.45) is 4.99 Å². The van der Waals surface area contributed by atoms with Crippen molar-refractivity contribution in [3.05, 3.63) is 15.6 Å². The van der Waals surface area contributed by atoms with Crippen LogP contribution in [-0.2, 0) is 6.54 Å². The highest BCUT2D eigenvalue weighted by Gasteiger charge is 2.27. The summed E-state index contributed by atoms with van der Waals surface area (Å²) in [7, 11) is 0. The number of likely N-dealkylation sites (tertiary alicyclic amines) is 1. The van der Waals surface area contributed by atoms with E-state index in [9.17, 15) is 0 Å². The maximum atomic E-state index is 4.83. The van der Waals surface area contributed by atoms with Crippen LogP contribution in [0.4, 0.5) is 0 Å². The number of nitrogens with one attached hydrogen (secondary N) is 1. The first-order chi connectivity index (χ1) is 11.1. The molecule has 0 saturated carbocycles. The van der Waals surface area contributed by atoms with Gasteiger partial charge in [0.15, 0.2) is 5.96 Å². The third kappa shape index (κ3) is 4.67. The summed E-state index contributed by atoms with van der Waals surface area (Å²) in [4.78, 5) is 15.7. The Bertz CT molecular complexity index is 502. The van der Waals surface area contributed by atoms with E-state index in [4.69, 9.17) is 4.99 Å². The van der Waals surface area contributed by atoms with Gasteiger partial charge >= 0.3 is 0 Å². The molecule has 1 aromatic heterocycles.